The number of carbonyl (C=O) groups excluding carboxylic acids is 2. The lowest BCUT2D eigenvalue weighted by atomic mass is 10.1. The van der Waals surface area contributed by atoms with E-state index in [0.717, 1.165) is 4.88 Å². The molecule has 0 unspecified atom stereocenters. The number of imide groups is 1. The molecule has 9 heteroatoms. The standard InChI is InChI=1S/C17H17N3O4S2/c1-11-4-5-14(25-11)26(23,24)19-9-6-12(7-10-19)20-16(21)13-3-2-8-18-15(13)17(20)22/h2-5,8,12H,6-7,9-10H2,1H3. The van der Waals surface area contributed by atoms with Gasteiger partial charge >= 0.3 is 0 Å². The summed E-state index contributed by atoms with van der Waals surface area (Å²) in [5.74, 6) is -0.728. The molecule has 4 rings (SSSR count). The van der Waals surface area contributed by atoms with Gasteiger partial charge in [-0.2, -0.15) is 4.31 Å². The normalized spacial score (nSPS) is 19.2. The minimum atomic E-state index is -3.52. The fourth-order valence-electron chi connectivity index (χ4n) is 3.43. The van der Waals surface area contributed by atoms with E-state index in [2.05, 4.69) is 4.98 Å². The number of rotatable bonds is 3. The first kappa shape index (κ1) is 17.3. The number of carbonyl (C=O) groups is 2. The van der Waals surface area contributed by atoms with Crippen molar-refractivity contribution in [3.63, 3.8) is 0 Å². The number of amides is 2. The molecule has 136 valence electrons. The number of piperidine rings is 1. The second kappa shape index (κ2) is 6.26. The highest BCUT2D eigenvalue weighted by molar-refractivity contribution is 7.91. The van der Waals surface area contributed by atoms with Gasteiger partial charge in [-0.3, -0.25) is 19.5 Å². The Bertz CT molecular complexity index is 956. The van der Waals surface area contributed by atoms with Gasteiger partial charge in [0.2, 0.25) is 0 Å². The van der Waals surface area contributed by atoms with Gasteiger partial charge in [0.25, 0.3) is 21.8 Å². The molecule has 1 fully saturated rings. The number of sulfonamides is 1. The molecule has 0 spiro atoms. The maximum absolute atomic E-state index is 12.7. The van der Waals surface area contributed by atoms with Crippen LogP contribution in [0.2, 0.25) is 0 Å². The average molecular weight is 391 g/mol. The molecule has 2 aliphatic rings. The van der Waals surface area contributed by atoms with Crippen molar-refractivity contribution in [1.29, 1.82) is 0 Å². The Kier molecular flexibility index (Phi) is 4.17. The predicted molar refractivity (Wildman–Crippen MR) is 95.6 cm³/mol. The molecule has 0 atom stereocenters. The fraction of sp³-hybridized carbons (Fsp3) is 0.353. The zero-order valence-electron chi connectivity index (χ0n) is 14.1. The number of aromatic nitrogens is 1. The summed E-state index contributed by atoms with van der Waals surface area (Å²) in [5, 5.41) is 0. The van der Waals surface area contributed by atoms with Crippen molar-refractivity contribution < 1.29 is 18.0 Å². The van der Waals surface area contributed by atoms with Crippen LogP contribution in [0.25, 0.3) is 0 Å². The van der Waals surface area contributed by atoms with Gasteiger partial charge in [0, 0.05) is 30.2 Å². The molecule has 2 aromatic heterocycles. The molecule has 0 aliphatic carbocycles. The van der Waals surface area contributed by atoms with E-state index < -0.39 is 10.0 Å². The Labute approximate surface area is 155 Å². The van der Waals surface area contributed by atoms with Gasteiger partial charge in [-0.05, 0) is 44.0 Å². The molecule has 2 aromatic rings. The second-order valence-electron chi connectivity index (χ2n) is 6.38. The summed E-state index contributed by atoms with van der Waals surface area (Å²) in [6.45, 7) is 2.43. The molecule has 2 aliphatic heterocycles. The molecule has 0 N–H and O–H groups in total. The minimum Gasteiger partial charge on any atom is -0.270 e. The molecular weight excluding hydrogens is 374 g/mol. The first-order valence-electron chi connectivity index (χ1n) is 8.29. The van der Waals surface area contributed by atoms with Crippen LogP contribution < -0.4 is 0 Å². The van der Waals surface area contributed by atoms with E-state index >= 15 is 0 Å². The van der Waals surface area contributed by atoms with Crippen LogP contribution >= 0.6 is 11.3 Å². The van der Waals surface area contributed by atoms with Crippen LogP contribution in [-0.4, -0.2) is 53.6 Å². The topological polar surface area (TPSA) is 87.7 Å². The molecule has 2 amide bonds. The highest BCUT2D eigenvalue weighted by Gasteiger charge is 2.43. The largest absolute Gasteiger partial charge is 0.280 e. The third-order valence-corrected chi connectivity index (χ3v) is 8.14. The Morgan fingerprint density at radius 2 is 1.85 bits per heavy atom. The molecular formula is C17H17N3O4S2. The predicted octanol–water partition coefficient (Wildman–Crippen LogP) is 1.90. The molecule has 0 radical (unpaired) electrons. The van der Waals surface area contributed by atoms with Gasteiger partial charge in [-0.25, -0.2) is 8.42 Å². The summed E-state index contributed by atoms with van der Waals surface area (Å²) in [5.41, 5.74) is 0.503. The molecule has 7 nitrogen and oxygen atoms in total. The Morgan fingerprint density at radius 3 is 2.46 bits per heavy atom. The van der Waals surface area contributed by atoms with Gasteiger partial charge < -0.3 is 0 Å². The molecule has 0 bridgehead atoms. The average Bonchev–Trinajstić information content (AvgIpc) is 3.18. The summed E-state index contributed by atoms with van der Waals surface area (Å²) in [6, 6.07) is 6.33. The Balaban J connectivity index is 1.50. The van der Waals surface area contributed by atoms with Crippen LogP contribution in [-0.2, 0) is 10.0 Å². The van der Waals surface area contributed by atoms with Gasteiger partial charge in [-0.1, -0.05) is 0 Å². The number of aryl methyl sites for hydroxylation is 1. The zero-order chi connectivity index (χ0) is 18.5. The highest BCUT2D eigenvalue weighted by Crippen LogP contribution is 2.30. The van der Waals surface area contributed by atoms with Crippen LogP contribution in [0, 0.1) is 6.92 Å². The van der Waals surface area contributed by atoms with Gasteiger partial charge in [0.05, 0.1) is 5.56 Å². The van der Waals surface area contributed by atoms with Crippen LogP contribution in [0.4, 0.5) is 0 Å². The van der Waals surface area contributed by atoms with E-state index in [4.69, 9.17) is 0 Å². The summed E-state index contributed by atoms with van der Waals surface area (Å²) < 4.78 is 27.2. The number of hydrogen-bond acceptors (Lipinski definition) is 6. The van der Waals surface area contributed by atoms with Crippen molar-refractivity contribution in [1.82, 2.24) is 14.2 Å². The van der Waals surface area contributed by atoms with E-state index in [-0.39, 0.29) is 36.6 Å². The maximum atomic E-state index is 12.7. The molecule has 1 saturated heterocycles. The molecule has 26 heavy (non-hydrogen) atoms. The summed E-state index contributed by atoms with van der Waals surface area (Å²) >= 11 is 1.25. The Hall–Kier alpha value is -2.10. The van der Waals surface area contributed by atoms with Crippen molar-refractivity contribution in [2.75, 3.05) is 13.1 Å². The van der Waals surface area contributed by atoms with Crippen molar-refractivity contribution >= 4 is 33.2 Å². The van der Waals surface area contributed by atoms with Crippen molar-refractivity contribution in [2.24, 2.45) is 0 Å². The minimum absolute atomic E-state index is 0.182. The Morgan fingerprint density at radius 1 is 1.12 bits per heavy atom. The van der Waals surface area contributed by atoms with Gasteiger partial charge in [0.15, 0.2) is 0 Å². The summed E-state index contributed by atoms with van der Waals surface area (Å²) in [7, 11) is -3.52. The number of thiophene rings is 1. The molecule has 4 heterocycles. The van der Waals surface area contributed by atoms with Crippen molar-refractivity contribution in [3.8, 4) is 0 Å². The lowest BCUT2D eigenvalue weighted by Gasteiger charge is -2.34. The number of pyridine rings is 1. The monoisotopic (exact) mass is 391 g/mol. The third-order valence-electron chi connectivity index (χ3n) is 4.78. The number of nitrogens with zero attached hydrogens (tertiary/aromatic N) is 3. The third kappa shape index (κ3) is 2.67. The maximum Gasteiger partial charge on any atom is 0.280 e. The van der Waals surface area contributed by atoms with Crippen LogP contribution in [0.15, 0.2) is 34.7 Å². The highest BCUT2D eigenvalue weighted by atomic mass is 32.2. The van der Waals surface area contributed by atoms with Gasteiger partial charge in [0.1, 0.15) is 9.90 Å². The molecule has 0 saturated carbocycles. The first-order chi connectivity index (χ1) is 12.4. The van der Waals surface area contributed by atoms with E-state index in [1.165, 1.54) is 26.7 Å². The summed E-state index contributed by atoms with van der Waals surface area (Å²) in [6.07, 6.45) is 2.34. The first-order valence-corrected chi connectivity index (χ1v) is 10.5. The second-order valence-corrected chi connectivity index (χ2v) is 9.83. The lowest BCUT2D eigenvalue weighted by Crippen LogP contribution is -2.48. The zero-order valence-corrected chi connectivity index (χ0v) is 15.7. The van der Waals surface area contributed by atoms with Crippen molar-refractivity contribution in [2.45, 2.75) is 30.0 Å². The van der Waals surface area contributed by atoms with Crippen LogP contribution in [0.3, 0.4) is 0 Å². The van der Waals surface area contributed by atoms with Crippen LogP contribution in [0.5, 0.6) is 0 Å². The quantitative estimate of drug-likeness (QED) is 0.746. The van der Waals surface area contributed by atoms with E-state index in [0.29, 0.717) is 22.6 Å². The van der Waals surface area contributed by atoms with E-state index in [1.54, 1.807) is 24.3 Å². The van der Waals surface area contributed by atoms with Crippen LogP contribution in [0.1, 0.15) is 38.6 Å². The number of fused-ring (bicyclic) bond motifs is 1. The van der Waals surface area contributed by atoms with E-state index in [1.807, 2.05) is 6.92 Å². The lowest BCUT2D eigenvalue weighted by molar-refractivity contribution is 0.0534. The summed E-state index contributed by atoms with van der Waals surface area (Å²) in [4.78, 5) is 31.3. The number of hydrogen-bond donors (Lipinski definition) is 0. The van der Waals surface area contributed by atoms with E-state index in [9.17, 15) is 18.0 Å². The SMILES string of the molecule is Cc1ccc(S(=O)(=O)N2CCC(N3C(=O)c4cccnc4C3=O)CC2)s1. The smallest absolute Gasteiger partial charge is 0.270 e. The molecule has 0 aromatic carbocycles. The van der Waals surface area contributed by atoms with Crippen molar-refractivity contribution in [3.05, 3.63) is 46.6 Å². The fourth-order valence-corrected chi connectivity index (χ4v) is 6.34. The van der Waals surface area contributed by atoms with Gasteiger partial charge in [-0.15, -0.1) is 11.3 Å².